The summed E-state index contributed by atoms with van der Waals surface area (Å²) in [5, 5.41) is 15.9. The first-order valence-electron chi connectivity index (χ1n) is 7.77. The summed E-state index contributed by atoms with van der Waals surface area (Å²) in [6, 6.07) is 14.4. The number of hydrogen-bond donors (Lipinski definition) is 3. The molecule has 0 saturated heterocycles. The van der Waals surface area contributed by atoms with Crippen molar-refractivity contribution >= 4 is 17.3 Å². The fraction of sp³-hybridized carbons (Fsp3) is 0.211. The van der Waals surface area contributed by atoms with Crippen LogP contribution < -0.4 is 10.6 Å². The normalized spacial score (nSPS) is 11.5. The van der Waals surface area contributed by atoms with Gasteiger partial charge in [-0.25, -0.2) is 4.79 Å². The van der Waals surface area contributed by atoms with Crippen molar-refractivity contribution in [2.24, 2.45) is 0 Å². The van der Waals surface area contributed by atoms with Crippen molar-refractivity contribution in [2.75, 3.05) is 17.2 Å². The van der Waals surface area contributed by atoms with Gasteiger partial charge in [-0.2, -0.15) is 0 Å². The van der Waals surface area contributed by atoms with Crippen LogP contribution in [0.15, 0.2) is 60.9 Å². The van der Waals surface area contributed by atoms with E-state index in [0.29, 0.717) is 18.0 Å². The van der Waals surface area contributed by atoms with Gasteiger partial charge in [0.1, 0.15) is 5.82 Å². The molecule has 0 aliphatic rings. The summed E-state index contributed by atoms with van der Waals surface area (Å²) in [7, 11) is 0. The van der Waals surface area contributed by atoms with Gasteiger partial charge in [0.25, 0.3) is 0 Å². The van der Waals surface area contributed by atoms with Crippen LogP contribution in [0.3, 0.4) is 0 Å². The smallest absolute Gasteiger partial charge is 0.338 e. The lowest BCUT2D eigenvalue weighted by Crippen LogP contribution is -2.09. The highest BCUT2D eigenvalue weighted by molar-refractivity contribution is 5.89. The molecular weight excluding hydrogens is 304 g/mol. The molecule has 5 nitrogen and oxygen atoms in total. The maximum absolute atomic E-state index is 11.6. The number of carbonyl (C=O) groups excluding carboxylic acids is 1. The van der Waals surface area contributed by atoms with Crippen molar-refractivity contribution in [2.45, 2.75) is 20.0 Å². The van der Waals surface area contributed by atoms with Crippen molar-refractivity contribution in [1.82, 2.24) is 0 Å². The van der Waals surface area contributed by atoms with E-state index in [1.165, 1.54) is 0 Å². The van der Waals surface area contributed by atoms with Gasteiger partial charge in [-0.15, -0.1) is 0 Å². The van der Waals surface area contributed by atoms with Crippen LogP contribution in [-0.2, 0) is 4.74 Å². The van der Waals surface area contributed by atoms with Crippen LogP contribution >= 0.6 is 0 Å². The molecule has 0 spiro atoms. The minimum atomic E-state index is -0.525. The third-order valence-electron chi connectivity index (χ3n) is 3.36. The van der Waals surface area contributed by atoms with E-state index < -0.39 is 6.10 Å². The van der Waals surface area contributed by atoms with Gasteiger partial charge in [-0.05, 0) is 55.8 Å². The van der Waals surface area contributed by atoms with Crippen molar-refractivity contribution in [3.05, 3.63) is 72.1 Å². The fourth-order valence-corrected chi connectivity index (χ4v) is 2.16. The van der Waals surface area contributed by atoms with E-state index in [4.69, 9.17) is 4.74 Å². The van der Waals surface area contributed by atoms with Crippen molar-refractivity contribution in [3.63, 3.8) is 0 Å². The number of nitrogens with one attached hydrogen (secondary N) is 2. The Labute approximate surface area is 142 Å². The summed E-state index contributed by atoms with van der Waals surface area (Å²) in [6.07, 6.45) is -0.525. The van der Waals surface area contributed by atoms with E-state index in [-0.39, 0.29) is 5.97 Å². The number of aliphatic hydroxyl groups is 1. The predicted octanol–water partition coefficient (Wildman–Crippen LogP) is 3.91. The molecular formula is C19H22N2O3. The van der Waals surface area contributed by atoms with E-state index in [2.05, 4.69) is 17.2 Å². The zero-order chi connectivity index (χ0) is 17.5. The Morgan fingerprint density at radius 2 is 1.83 bits per heavy atom. The lowest BCUT2D eigenvalue weighted by atomic mass is 10.1. The lowest BCUT2D eigenvalue weighted by Gasteiger charge is -2.14. The second-order valence-electron chi connectivity index (χ2n) is 5.33. The second kappa shape index (κ2) is 8.17. The van der Waals surface area contributed by atoms with Crippen LogP contribution in [0.4, 0.5) is 11.4 Å². The lowest BCUT2D eigenvalue weighted by molar-refractivity contribution is 0.0526. The van der Waals surface area contributed by atoms with Crippen LogP contribution in [-0.4, -0.2) is 17.7 Å². The Kier molecular flexibility index (Phi) is 5.98. The molecule has 0 heterocycles. The minimum Gasteiger partial charge on any atom is -0.462 e. The molecule has 126 valence electrons. The molecule has 0 radical (unpaired) electrons. The Morgan fingerprint density at radius 1 is 1.17 bits per heavy atom. The van der Waals surface area contributed by atoms with E-state index in [0.717, 1.165) is 16.9 Å². The first-order chi connectivity index (χ1) is 11.5. The molecule has 0 amide bonds. The van der Waals surface area contributed by atoms with E-state index in [1.807, 2.05) is 24.3 Å². The number of benzene rings is 2. The van der Waals surface area contributed by atoms with E-state index in [1.54, 1.807) is 38.1 Å². The first-order valence-corrected chi connectivity index (χ1v) is 7.77. The number of rotatable bonds is 7. The summed E-state index contributed by atoms with van der Waals surface area (Å²) in [6.45, 7) is 7.78. The SMILES string of the molecule is C=C(Nc1ccc(C(=O)OCC)cc1)Nc1cccc(C(C)O)c1. The second-order valence-corrected chi connectivity index (χ2v) is 5.33. The van der Waals surface area contributed by atoms with Crippen molar-refractivity contribution in [3.8, 4) is 0 Å². The number of aliphatic hydroxyl groups excluding tert-OH is 1. The van der Waals surface area contributed by atoms with E-state index >= 15 is 0 Å². The molecule has 0 aliphatic carbocycles. The average molecular weight is 326 g/mol. The molecule has 2 aromatic rings. The van der Waals surface area contributed by atoms with Gasteiger partial charge in [0.15, 0.2) is 0 Å². The molecule has 1 atom stereocenters. The van der Waals surface area contributed by atoms with Crippen LogP contribution in [0, 0.1) is 0 Å². The Morgan fingerprint density at radius 3 is 2.46 bits per heavy atom. The summed E-state index contributed by atoms with van der Waals surface area (Å²) >= 11 is 0. The fourth-order valence-electron chi connectivity index (χ4n) is 2.16. The monoisotopic (exact) mass is 326 g/mol. The number of hydrogen-bond acceptors (Lipinski definition) is 5. The Bertz CT molecular complexity index is 709. The molecule has 0 bridgehead atoms. The molecule has 1 unspecified atom stereocenters. The molecule has 2 aromatic carbocycles. The summed E-state index contributed by atoms with van der Waals surface area (Å²) in [5.41, 5.74) is 2.96. The van der Waals surface area contributed by atoms with Crippen LogP contribution in [0.25, 0.3) is 0 Å². The van der Waals surface area contributed by atoms with Gasteiger partial charge in [0, 0.05) is 11.4 Å². The number of ether oxygens (including phenoxy) is 1. The summed E-state index contributed by atoms with van der Waals surface area (Å²) in [5.74, 6) is 0.248. The molecule has 24 heavy (non-hydrogen) atoms. The minimum absolute atomic E-state index is 0.337. The molecule has 0 aliphatic heterocycles. The third-order valence-corrected chi connectivity index (χ3v) is 3.36. The molecule has 0 aromatic heterocycles. The molecule has 3 N–H and O–H groups in total. The topological polar surface area (TPSA) is 70.6 Å². The highest BCUT2D eigenvalue weighted by atomic mass is 16.5. The van der Waals surface area contributed by atoms with Gasteiger partial charge >= 0.3 is 5.97 Å². The van der Waals surface area contributed by atoms with Crippen molar-refractivity contribution in [1.29, 1.82) is 0 Å². The molecule has 5 heteroatoms. The zero-order valence-corrected chi connectivity index (χ0v) is 13.9. The number of anilines is 2. The number of carbonyl (C=O) groups is 1. The summed E-state index contributed by atoms with van der Waals surface area (Å²) in [4.78, 5) is 11.6. The van der Waals surface area contributed by atoms with E-state index in [9.17, 15) is 9.90 Å². The molecule has 0 saturated carbocycles. The predicted molar refractivity (Wildman–Crippen MR) is 95.9 cm³/mol. The van der Waals surface area contributed by atoms with Gasteiger partial charge in [0.2, 0.25) is 0 Å². The third kappa shape index (κ3) is 4.86. The Hall–Kier alpha value is -2.79. The standard InChI is InChI=1S/C19H22N2O3/c1-4-24-19(23)15-8-10-17(11-9-15)20-14(3)21-18-7-5-6-16(12-18)13(2)22/h5-13,20-22H,3-4H2,1-2H3. The molecule has 0 fully saturated rings. The Balaban J connectivity index is 1.97. The maximum atomic E-state index is 11.6. The van der Waals surface area contributed by atoms with Gasteiger partial charge < -0.3 is 20.5 Å². The highest BCUT2D eigenvalue weighted by Gasteiger charge is 2.06. The average Bonchev–Trinajstić information content (AvgIpc) is 2.55. The quantitative estimate of drug-likeness (QED) is 0.673. The number of esters is 1. The van der Waals surface area contributed by atoms with Crippen LogP contribution in [0.5, 0.6) is 0 Å². The molecule has 2 rings (SSSR count). The van der Waals surface area contributed by atoms with Gasteiger partial charge in [-0.3, -0.25) is 0 Å². The highest BCUT2D eigenvalue weighted by Crippen LogP contribution is 2.19. The van der Waals surface area contributed by atoms with Crippen molar-refractivity contribution < 1.29 is 14.6 Å². The van der Waals surface area contributed by atoms with Gasteiger partial charge in [0.05, 0.1) is 18.3 Å². The maximum Gasteiger partial charge on any atom is 0.338 e. The largest absolute Gasteiger partial charge is 0.462 e. The van der Waals surface area contributed by atoms with Crippen LogP contribution in [0.2, 0.25) is 0 Å². The summed E-state index contributed by atoms with van der Waals surface area (Å²) < 4.78 is 4.95. The van der Waals surface area contributed by atoms with Crippen LogP contribution in [0.1, 0.15) is 35.9 Å². The van der Waals surface area contributed by atoms with Gasteiger partial charge in [-0.1, -0.05) is 18.7 Å². The first kappa shape index (κ1) is 17.6. The zero-order valence-electron chi connectivity index (χ0n) is 13.9.